The molecule has 0 radical (unpaired) electrons. The molecule has 0 unspecified atom stereocenters. The normalized spacial score (nSPS) is 18.9. The van der Waals surface area contributed by atoms with Crippen LogP contribution in [0, 0.1) is 6.92 Å². The highest BCUT2D eigenvalue weighted by atomic mass is 16.5. The summed E-state index contributed by atoms with van der Waals surface area (Å²) in [4.78, 5) is 7.11. The van der Waals surface area contributed by atoms with Crippen LogP contribution in [-0.4, -0.2) is 35.8 Å². The summed E-state index contributed by atoms with van der Waals surface area (Å²) in [5, 5.41) is 3.55. The standard InChI is InChI=1S/C17H29N3O/c1-13-9-14(11-18-16(2,3)4)10-15(19-13)20-7-8-21-12-17(20,5)6/h9-10,18H,7-8,11-12H2,1-6H3. The molecule has 2 rings (SSSR count). The molecule has 0 aliphatic carbocycles. The second-order valence-corrected chi connectivity index (χ2v) is 7.60. The number of nitrogens with zero attached hydrogens (tertiary/aromatic N) is 2. The van der Waals surface area contributed by atoms with E-state index in [1.165, 1.54) is 5.56 Å². The van der Waals surface area contributed by atoms with E-state index in [1.807, 2.05) is 0 Å². The molecule has 1 saturated heterocycles. The van der Waals surface area contributed by atoms with Crippen LogP contribution in [0.1, 0.15) is 45.9 Å². The second-order valence-electron chi connectivity index (χ2n) is 7.60. The maximum absolute atomic E-state index is 5.61. The van der Waals surface area contributed by atoms with E-state index in [2.05, 4.69) is 63.9 Å². The molecule has 1 aliphatic rings. The molecule has 0 spiro atoms. The molecular weight excluding hydrogens is 262 g/mol. The summed E-state index contributed by atoms with van der Waals surface area (Å²) in [7, 11) is 0. The van der Waals surface area contributed by atoms with Crippen LogP contribution in [-0.2, 0) is 11.3 Å². The smallest absolute Gasteiger partial charge is 0.129 e. The van der Waals surface area contributed by atoms with Crippen LogP contribution in [0.3, 0.4) is 0 Å². The van der Waals surface area contributed by atoms with Gasteiger partial charge in [0.15, 0.2) is 0 Å². The van der Waals surface area contributed by atoms with Crippen LogP contribution < -0.4 is 10.2 Å². The molecule has 0 saturated carbocycles. The van der Waals surface area contributed by atoms with Gasteiger partial charge in [0, 0.05) is 24.3 Å². The van der Waals surface area contributed by atoms with Crippen molar-refractivity contribution < 1.29 is 4.74 Å². The van der Waals surface area contributed by atoms with Gasteiger partial charge in [-0.05, 0) is 59.2 Å². The van der Waals surface area contributed by atoms with Crippen LogP contribution >= 0.6 is 0 Å². The van der Waals surface area contributed by atoms with Crippen LogP contribution in [0.5, 0.6) is 0 Å². The third-order valence-corrected chi connectivity index (χ3v) is 3.74. The molecule has 1 fully saturated rings. The van der Waals surface area contributed by atoms with Crippen LogP contribution in [0.4, 0.5) is 5.82 Å². The third kappa shape index (κ3) is 4.42. The van der Waals surface area contributed by atoms with Crippen molar-refractivity contribution in [2.75, 3.05) is 24.7 Å². The molecule has 0 bridgehead atoms. The summed E-state index contributed by atoms with van der Waals surface area (Å²) in [6.07, 6.45) is 0. The molecule has 1 aliphatic heterocycles. The molecule has 0 aromatic carbocycles. The molecule has 0 atom stereocenters. The van der Waals surface area contributed by atoms with Gasteiger partial charge < -0.3 is 15.0 Å². The Balaban J connectivity index is 2.22. The molecule has 4 nitrogen and oxygen atoms in total. The van der Waals surface area contributed by atoms with E-state index >= 15 is 0 Å². The Morgan fingerprint density at radius 3 is 2.67 bits per heavy atom. The van der Waals surface area contributed by atoms with Crippen LogP contribution in [0.2, 0.25) is 0 Å². The highest BCUT2D eigenvalue weighted by molar-refractivity contribution is 5.45. The van der Waals surface area contributed by atoms with E-state index in [-0.39, 0.29) is 11.1 Å². The van der Waals surface area contributed by atoms with E-state index in [0.717, 1.165) is 37.8 Å². The fourth-order valence-corrected chi connectivity index (χ4v) is 2.61. The second kappa shape index (κ2) is 5.93. The number of morpholine rings is 1. The van der Waals surface area contributed by atoms with Crippen molar-refractivity contribution in [1.29, 1.82) is 0 Å². The summed E-state index contributed by atoms with van der Waals surface area (Å²) in [5.74, 6) is 1.06. The molecule has 1 aromatic rings. The van der Waals surface area contributed by atoms with Crippen LogP contribution in [0.25, 0.3) is 0 Å². The van der Waals surface area contributed by atoms with E-state index in [4.69, 9.17) is 9.72 Å². The lowest BCUT2D eigenvalue weighted by Crippen LogP contribution is -2.53. The van der Waals surface area contributed by atoms with E-state index in [9.17, 15) is 0 Å². The zero-order valence-corrected chi connectivity index (χ0v) is 14.3. The minimum Gasteiger partial charge on any atom is -0.377 e. The lowest BCUT2D eigenvalue weighted by atomic mass is 10.0. The number of hydrogen-bond donors (Lipinski definition) is 1. The predicted octanol–water partition coefficient (Wildman–Crippen LogP) is 2.89. The fraction of sp³-hybridized carbons (Fsp3) is 0.706. The van der Waals surface area contributed by atoms with E-state index in [1.54, 1.807) is 0 Å². The van der Waals surface area contributed by atoms with Gasteiger partial charge in [-0.2, -0.15) is 0 Å². The molecule has 2 heterocycles. The summed E-state index contributed by atoms with van der Waals surface area (Å²) in [6.45, 7) is 16.3. The monoisotopic (exact) mass is 291 g/mol. The summed E-state index contributed by atoms with van der Waals surface area (Å²) in [5.41, 5.74) is 2.47. The zero-order chi connectivity index (χ0) is 15.7. The van der Waals surface area contributed by atoms with Crippen molar-refractivity contribution in [1.82, 2.24) is 10.3 Å². The first-order chi connectivity index (χ1) is 9.67. The number of ether oxygens (including phenoxy) is 1. The Hall–Kier alpha value is -1.13. The third-order valence-electron chi connectivity index (χ3n) is 3.74. The number of nitrogens with one attached hydrogen (secondary N) is 1. The predicted molar refractivity (Wildman–Crippen MR) is 87.8 cm³/mol. The number of pyridine rings is 1. The maximum Gasteiger partial charge on any atom is 0.129 e. The number of aromatic nitrogens is 1. The highest BCUT2D eigenvalue weighted by Crippen LogP contribution is 2.26. The number of rotatable bonds is 3. The Morgan fingerprint density at radius 1 is 1.33 bits per heavy atom. The van der Waals surface area contributed by atoms with Gasteiger partial charge in [0.2, 0.25) is 0 Å². The van der Waals surface area contributed by atoms with Gasteiger partial charge in [-0.1, -0.05) is 0 Å². The Morgan fingerprint density at radius 2 is 2.05 bits per heavy atom. The first kappa shape index (κ1) is 16.2. The van der Waals surface area contributed by atoms with Crippen molar-refractivity contribution in [2.24, 2.45) is 0 Å². The van der Waals surface area contributed by atoms with Gasteiger partial charge >= 0.3 is 0 Å². The van der Waals surface area contributed by atoms with Gasteiger partial charge in [0.25, 0.3) is 0 Å². The van der Waals surface area contributed by atoms with Crippen molar-refractivity contribution in [3.8, 4) is 0 Å². The molecule has 21 heavy (non-hydrogen) atoms. The minimum atomic E-state index is -0.00618. The quantitative estimate of drug-likeness (QED) is 0.929. The van der Waals surface area contributed by atoms with E-state index in [0.29, 0.717) is 0 Å². The molecule has 4 heteroatoms. The number of aryl methyl sites for hydroxylation is 1. The van der Waals surface area contributed by atoms with Crippen molar-refractivity contribution in [2.45, 2.75) is 59.2 Å². The molecule has 0 amide bonds. The molecule has 1 aromatic heterocycles. The average molecular weight is 291 g/mol. The van der Waals surface area contributed by atoms with Gasteiger partial charge in [-0.3, -0.25) is 0 Å². The van der Waals surface area contributed by atoms with Gasteiger partial charge in [0.1, 0.15) is 5.82 Å². The van der Waals surface area contributed by atoms with Crippen LogP contribution in [0.15, 0.2) is 12.1 Å². The maximum atomic E-state index is 5.61. The lowest BCUT2D eigenvalue weighted by Gasteiger charge is -2.43. The Bertz CT molecular complexity index is 491. The highest BCUT2D eigenvalue weighted by Gasteiger charge is 2.31. The largest absolute Gasteiger partial charge is 0.377 e. The molecular formula is C17H29N3O. The van der Waals surface area contributed by atoms with E-state index < -0.39 is 0 Å². The Kier molecular flexibility index (Phi) is 4.59. The molecule has 118 valence electrons. The first-order valence-electron chi connectivity index (χ1n) is 7.75. The Labute approximate surface area is 128 Å². The molecule has 1 N–H and O–H groups in total. The zero-order valence-electron chi connectivity index (χ0n) is 14.3. The number of anilines is 1. The van der Waals surface area contributed by atoms with Crippen molar-refractivity contribution >= 4 is 5.82 Å². The van der Waals surface area contributed by atoms with Gasteiger partial charge in [-0.25, -0.2) is 4.98 Å². The summed E-state index contributed by atoms with van der Waals surface area (Å²) < 4.78 is 5.61. The summed E-state index contributed by atoms with van der Waals surface area (Å²) >= 11 is 0. The lowest BCUT2D eigenvalue weighted by molar-refractivity contribution is 0.0639. The van der Waals surface area contributed by atoms with Gasteiger partial charge in [0.05, 0.1) is 18.8 Å². The van der Waals surface area contributed by atoms with Crippen molar-refractivity contribution in [3.05, 3.63) is 23.4 Å². The first-order valence-corrected chi connectivity index (χ1v) is 7.75. The number of hydrogen-bond acceptors (Lipinski definition) is 4. The SMILES string of the molecule is Cc1cc(CNC(C)(C)C)cc(N2CCOCC2(C)C)n1. The summed E-state index contributed by atoms with van der Waals surface area (Å²) in [6, 6.07) is 4.37. The minimum absolute atomic E-state index is 0.00618. The fourth-order valence-electron chi connectivity index (χ4n) is 2.61. The van der Waals surface area contributed by atoms with Crippen molar-refractivity contribution in [3.63, 3.8) is 0 Å². The topological polar surface area (TPSA) is 37.4 Å². The average Bonchev–Trinajstić information content (AvgIpc) is 2.34. The van der Waals surface area contributed by atoms with Gasteiger partial charge in [-0.15, -0.1) is 0 Å².